The SMILES string of the molecule is C=C(C)C1CC[C@]2(CO)CC[C@]3(C)C(CC[C@@H]4[C@@]5(C)CC[C@H](O)C(C)(C)[C@@H]5CC[C@]43C)[C@@H]12. The second-order valence-electron chi connectivity index (χ2n) is 14.6. The van der Waals surface area contributed by atoms with E-state index in [1.807, 2.05) is 0 Å². The van der Waals surface area contributed by atoms with Gasteiger partial charge in [0.15, 0.2) is 0 Å². The van der Waals surface area contributed by atoms with Crippen molar-refractivity contribution in [1.82, 2.24) is 0 Å². The van der Waals surface area contributed by atoms with Gasteiger partial charge in [-0.1, -0.05) is 46.8 Å². The number of hydrogen-bond donors (Lipinski definition) is 2. The second kappa shape index (κ2) is 7.09. The van der Waals surface area contributed by atoms with E-state index in [0.29, 0.717) is 40.6 Å². The van der Waals surface area contributed by atoms with Crippen LogP contribution >= 0.6 is 0 Å². The molecule has 0 saturated heterocycles. The van der Waals surface area contributed by atoms with Crippen LogP contribution in [0.2, 0.25) is 0 Å². The first-order chi connectivity index (χ1) is 14.9. The third kappa shape index (κ3) is 2.66. The lowest BCUT2D eigenvalue weighted by Gasteiger charge is -2.73. The zero-order valence-corrected chi connectivity index (χ0v) is 21.8. The fraction of sp³-hybridized carbons (Fsp3) is 0.933. The molecule has 0 amide bonds. The van der Waals surface area contributed by atoms with Gasteiger partial charge >= 0.3 is 0 Å². The molecule has 5 fully saturated rings. The zero-order valence-electron chi connectivity index (χ0n) is 21.8. The molecule has 32 heavy (non-hydrogen) atoms. The summed E-state index contributed by atoms with van der Waals surface area (Å²) in [6, 6.07) is 0. The summed E-state index contributed by atoms with van der Waals surface area (Å²) in [5.74, 6) is 3.33. The average Bonchev–Trinajstić information content (AvgIpc) is 3.12. The van der Waals surface area contributed by atoms with E-state index in [0.717, 1.165) is 18.3 Å². The summed E-state index contributed by atoms with van der Waals surface area (Å²) in [4.78, 5) is 0. The molecule has 2 nitrogen and oxygen atoms in total. The molecule has 0 spiro atoms. The van der Waals surface area contributed by atoms with Crippen molar-refractivity contribution in [3.8, 4) is 0 Å². The lowest BCUT2D eigenvalue weighted by molar-refractivity contribution is -0.249. The highest BCUT2D eigenvalue weighted by Crippen LogP contribution is 2.77. The van der Waals surface area contributed by atoms with E-state index in [9.17, 15) is 10.2 Å². The van der Waals surface area contributed by atoms with Crippen LogP contribution in [-0.4, -0.2) is 22.9 Å². The Labute approximate surface area is 197 Å². The van der Waals surface area contributed by atoms with Gasteiger partial charge in [0.25, 0.3) is 0 Å². The Kier molecular flexibility index (Phi) is 5.19. The van der Waals surface area contributed by atoms with Crippen molar-refractivity contribution in [2.45, 2.75) is 112 Å². The first kappa shape index (κ1) is 23.4. The highest BCUT2D eigenvalue weighted by atomic mass is 16.3. The fourth-order valence-electron chi connectivity index (χ4n) is 11.5. The summed E-state index contributed by atoms with van der Waals surface area (Å²) in [6.07, 6.45) is 12.2. The van der Waals surface area contributed by atoms with Crippen molar-refractivity contribution < 1.29 is 10.2 Å². The third-order valence-electron chi connectivity index (χ3n) is 13.5. The van der Waals surface area contributed by atoms with Crippen molar-refractivity contribution in [3.05, 3.63) is 12.2 Å². The molecule has 0 aromatic carbocycles. The Bertz CT molecular complexity index is 786. The quantitative estimate of drug-likeness (QED) is 0.452. The van der Waals surface area contributed by atoms with Gasteiger partial charge in [-0.15, -0.1) is 0 Å². The third-order valence-corrected chi connectivity index (χ3v) is 13.5. The first-order valence-electron chi connectivity index (χ1n) is 13.8. The molecule has 0 aromatic heterocycles. The Morgan fingerprint density at radius 1 is 0.812 bits per heavy atom. The van der Waals surface area contributed by atoms with E-state index in [1.165, 1.54) is 63.4 Å². The standard InChI is InChI=1S/C30H50O2/c1-19(2)20-10-15-30(18-31)17-16-28(6)21(25(20)30)8-9-23-27(5)13-12-24(32)26(3,4)22(27)11-14-29(23,28)7/h20-25,31-32H,1,8-18H2,2-7H3/t20?,21?,22-,23+,24-,25+,27-,28+,29+,30+/m0/s1. The predicted molar refractivity (Wildman–Crippen MR) is 132 cm³/mol. The van der Waals surface area contributed by atoms with E-state index >= 15 is 0 Å². The molecular formula is C30H50O2. The normalized spacial score (nSPS) is 56.5. The van der Waals surface area contributed by atoms with Crippen LogP contribution in [0.1, 0.15) is 106 Å². The number of aliphatic hydroxyl groups excluding tert-OH is 2. The van der Waals surface area contributed by atoms with Crippen molar-refractivity contribution in [2.75, 3.05) is 6.61 Å². The van der Waals surface area contributed by atoms with Gasteiger partial charge in [-0.25, -0.2) is 0 Å². The van der Waals surface area contributed by atoms with Gasteiger partial charge < -0.3 is 10.2 Å². The smallest absolute Gasteiger partial charge is 0.0594 e. The van der Waals surface area contributed by atoms with Crippen molar-refractivity contribution in [3.63, 3.8) is 0 Å². The number of fused-ring (bicyclic) bond motifs is 7. The van der Waals surface area contributed by atoms with E-state index in [-0.39, 0.29) is 16.9 Å². The minimum atomic E-state index is -0.147. The highest BCUT2D eigenvalue weighted by molar-refractivity contribution is 5.21. The fourth-order valence-corrected chi connectivity index (χ4v) is 11.5. The molecule has 0 heterocycles. The number of aliphatic hydroxyl groups is 2. The van der Waals surface area contributed by atoms with Gasteiger partial charge in [-0.2, -0.15) is 0 Å². The molecule has 0 radical (unpaired) electrons. The summed E-state index contributed by atoms with van der Waals surface area (Å²) in [7, 11) is 0. The first-order valence-corrected chi connectivity index (χ1v) is 13.8. The lowest BCUT2D eigenvalue weighted by atomic mass is 9.32. The van der Waals surface area contributed by atoms with E-state index in [1.54, 1.807) is 0 Å². The summed E-state index contributed by atoms with van der Waals surface area (Å²) >= 11 is 0. The van der Waals surface area contributed by atoms with Gasteiger partial charge in [-0.05, 0) is 128 Å². The van der Waals surface area contributed by atoms with E-state index in [2.05, 4.69) is 48.1 Å². The van der Waals surface area contributed by atoms with Crippen LogP contribution in [0.15, 0.2) is 12.2 Å². The Balaban J connectivity index is 1.55. The molecule has 0 bridgehead atoms. The number of hydrogen-bond acceptors (Lipinski definition) is 2. The molecule has 2 heteroatoms. The van der Waals surface area contributed by atoms with Gasteiger partial charge in [0.1, 0.15) is 0 Å². The zero-order chi connectivity index (χ0) is 23.3. The van der Waals surface area contributed by atoms with Crippen LogP contribution in [0.5, 0.6) is 0 Å². The summed E-state index contributed by atoms with van der Waals surface area (Å²) < 4.78 is 0. The van der Waals surface area contributed by atoms with Crippen LogP contribution in [0.25, 0.3) is 0 Å². The molecule has 5 aliphatic rings. The molecule has 182 valence electrons. The van der Waals surface area contributed by atoms with E-state index in [4.69, 9.17) is 0 Å². The molecular weight excluding hydrogens is 392 g/mol. The predicted octanol–water partition coefficient (Wildman–Crippen LogP) is 7.00. The van der Waals surface area contributed by atoms with Gasteiger partial charge in [0, 0.05) is 6.61 Å². The van der Waals surface area contributed by atoms with Crippen molar-refractivity contribution in [1.29, 1.82) is 0 Å². The van der Waals surface area contributed by atoms with Crippen LogP contribution in [0.3, 0.4) is 0 Å². The number of allylic oxidation sites excluding steroid dienone is 1. The maximum absolute atomic E-state index is 10.9. The second-order valence-corrected chi connectivity index (χ2v) is 14.6. The highest BCUT2D eigenvalue weighted by Gasteiger charge is 2.70. The van der Waals surface area contributed by atoms with Gasteiger partial charge in [-0.3, -0.25) is 0 Å². The maximum Gasteiger partial charge on any atom is 0.0594 e. The summed E-state index contributed by atoms with van der Waals surface area (Å²) in [5, 5.41) is 21.5. The molecule has 0 aromatic rings. The van der Waals surface area contributed by atoms with Crippen LogP contribution < -0.4 is 0 Å². The van der Waals surface area contributed by atoms with Gasteiger partial charge in [0.2, 0.25) is 0 Å². The average molecular weight is 443 g/mol. The molecule has 2 N–H and O–H groups in total. The van der Waals surface area contributed by atoms with Crippen LogP contribution in [0.4, 0.5) is 0 Å². The van der Waals surface area contributed by atoms with Crippen molar-refractivity contribution >= 4 is 0 Å². The van der Waals surface area contributed by atoms with Crippen molar-refractivity contribution in [2.24, 2.45) is 56.7 Å². The van der Waals surface area contributed by atoms with Crippen LogP contribution in [0, 0.1) is 56.7 Å². The van der Waals surface area contributed by atoms with Gasteiger partial charge in [0.05, 0.1) is 6.10 Å². The number of rotatable bonds is 2. The van der Waals surface area contributed by atoms with Crippen LogP contribution in [-0.2, 0) is 0 Å². The Hall–Kier alpha value is -0.340. The summed E-state index contributed by atoms with van der Waals surface area (Å²) in [5.41, 5.74) is 2.60. The molecule has 5 aliphatic carbocycles. The Morgan fingerprint density at radius 2 is 1.53 bits per heavy atom. The lowest BCUT2D eigenvalue weighted by Crippen LogP contribution is -2.66. The molecule has 5 rings (SSSR count). The Morgan fingerprint density at radius 3 is 2.19 bits per heavy atom. The van der Waals surface area contributed by atoms with E-state index < -0.39 is 0 Å². The molecule has 10 atom stereocenters. The molecule has 0 aliphatic heterocycles. The maximum atomic E-state index is 10.9. The molecule has 2 unspecified atom stereocenters. The minimum absolute atomic E-state index is 0.0290. The summed E-state index contributed by atoms with van der Waals surface area (Å²) in [6.45, 7) is 19.7. The monoisotopic (exact) mass is 442 g/mol. The topological polar surface area (TPSA) is 40.5 Å². The largest absolute Gasteiger partial charge is 0.396 e. The minimum Gasteiger partial charge on any atom is -0.396 e. The molecule has 5 saturated carbocycles.